The number of amides is 1. The van der Waals surface area contributed by atoms with Gasteiger partial charge in [-0.05, 0) is 40.7 Å². The molecule has 0 bridgehead atoms. The Hall–Kier alpha value is -2.15. The highest BCUT2D eigenvalue weighted by molar-refractivity contribution is 6.34. The third kappa shape index (κ3) is 3.98. The molecule has 2 aromatic rings. The number of hydrogen-bond acceptors (Lipinski definition) is 6. The molecule has 7 nitrogen and oxygen atoms in total. The van der Waals surface area contributed by atoms with Crippen molar-refractivity contribution >= 4 is 34.4 Å². The lowest BCUT2D eigenvalue weighted by molar-refractivity contribution is 0.0218. The summed E-state index contributed by atoms with van der Waals surface area (Å²) in [7, 11) is 0. The van der Waals surface area contributed by atoms with Crippen molar-refractivity contribution < 1.29 is 9.53 Å². The second-order valence-electron chi connectivity index (χ2n) is 7.59. The summed E-state index contributed by atoms with van der Waals surface area (Å²) in [6.07, 6.45) is 1.44. The van der Waals surface area contributed by atoms with Crippen LogP contribution in [0.3, 0.4) is 0 Å². The highest BCUT2D eigenvalue weighted by atomic mass is 35.5. The summed E-state index contributed by atoms with van der Waals surface area (Å²) in [6, 6.07) is 2.02. The Kier molecular flexibility index (Phi) is 4.92. The number of nitrogens with zero attached hydrogens (tertiary/aromatic N) is 5. The largest absolute Gasteiger partial charge is 0.444 e. The molecule has 0 unspecified atom stereocenters. The first-order valence-electron chi connectivity index (χ1n) is 8.68. The first-order chi connectivity index (χ1) is 12.1. The molecule has 8 heteroatoms. The van der Waals surface area contributed by atoms with Crippen LogP contribution in [0.4, 0.5) is 10.6 Å². The predicted octanol–water partition coefficient (Wildman–Crippen LogP) is 3.43. The van der Waals surface area contributed by atoms with Crippen LogP contribution in [-0.2, 0) is 4.74 Å². The quantitative estimate of drug-likeness (QED) is 0.709. The molecule has 1 saturated heterocycles. The molecule has 3 rings (SSSR count). The topological polar surface area (TPSA) is 71.5 Å². The molecule has 0 radical (unpaired) electrons. The van der Waals surface area contributed by atoms with Crippen molar-refractivity contribution in [2.45, 2.75) is 46.3 Å². The van der Waals surface area contributed by atoms with E-state index in [-0.39, 0.29) is 12.1 Å². The molecular formula is C18H24ClN5O2. The zero-order valence-electron chi connectivity index (χ0n) is 15.8. The fourth-order valence-corrected chi connectivity index (χ4v) is 3.31. The van der Waals surface area contributed by atoms with Crippen LogP contribution in [0.1, 0.15) is 33.5 Å². The summed E-state index contributed by atoms with van der Waals surface area (Å²) >= 11 is 6.27. The first-order valence-corrected chi connectivity index (χ1v) is 9.06. The predicted molar refractivity (Wildman–Crippen MR) is 102 cm³/mol. The summed E-state index contributed by atoms with van der Waals surface area (Å²) < 4.78 is 5.47. The van der Waals surface area contributed by atoms with E-state index < -0.39 is 5.60 Å². The number of halogens is 1. The van der Waals surface area contributed by atoms with Crippen LogP contribution in [0.5, 0.6) is 0 Å². The van der Waals surface area contributed by atoms with Crippen LogP contribution in [0.2, 0.25) is 5.15 Å². The number of aromatic nitrogens is 3. The maximum Gasteiger partial charge on any atom is 0.410 e. The summed E-state index contributed by atoms with van der Waals surface area (Å²) in [4.78, 5) is 29.3. The average molecular weight is 378 g/mol. The zero-order valence-corrected chi connectivity index (χ0v) is 16.5. The Morgan fingerprint density at radius 2 is 2.04 bits per heavy atom. The minimum atomic E-state index is -0.494. The molecule has 2 aromatic heterocycles. The van der Waals surface area contributed by atoms with E-state index in [1.54, 1.807) is 18.0 Å². The van der Waals surface area contributed by atoms with Crippen LogP contribution >= 0.6 is 11.6 Å². The van der Waals surface area contributed by atoms with Gasteiger partial charge in [0.25, 0.3) is 0 Å². The van der Waals surface area contributed by atoms with E-state index in [0.717, 1.165) is 16.7 Å². The SMILES string of the molecule is Cc1nc(Cl)c2cc(N3CCN(C(=O)OC(C)(C)C)C[C@@H]3C)ncc2n1. The molecule has 0 aromatic carbocycles. The molecule has 0 N–H and O–H groups in total. The van der Waals surface area contributed by atoms with Crippen LogP contribution in [0.15, 0.2) is 12.3 Å². The summed E-state index contributed by atoms with van der Waals surface area (Å²) in [5.74, 6) is 1.43. The fraction of sp³-hybridized carbons (Fsp3) is 0.556. The molecule has 3 heterocycles. The van der Waals surface area contributed by atoms with E-state index in [4.69, 9.17) is 16.3 Å². The van der Waals surface area contributed by atoms with Gasteiger partial charge in [0.2, 0.25) is 0 Å². The van der Waals surface area contributed by atoms with Gasteiger partial charge in [0.05, 0.1) is 11.7 Å². The molecule has 0 aliphatic carbocycles. The smallest absolute Gasteiger partial charge is 0.410 e. The van der Waals surface area contributed by atoms with Gasteiger partial charge in [0, 0.05) is 31.1 Å². The van der Waals surface area contributed by atoms with E-state index in [1.165, 1.54) is 0 Å². The van der Waals surface area contributed by atoms with E-state index in [9.17, 15) is 4.79 Å². The van der Waals surface area contributed by atoms with Gasteiger partial charge in [0.15, 0.2) is 0 Å². The number of carbonyl (C=O) groups excluding carboxylic acids is 1. The van der Waals surface area contributed by atoms with Gasteiger partial charge in [0.1, 0.15) is 22.4 Å². The van der Waals surface area contributed by atoms with Gasteiger partial charge in [-0.25, -0.2) is 19.7 Å². The molecule has 0 saturated carbocycles. The zero-order chi connectivity index (χ0) is 19.1. The van der Waals surface area contributed by atoms with Crippen LogP contribution in [0, 0.1) is 6.92 Å². The number of ether oxygens (including phenoxy) is 1. The van der Waals surface area contributed by atoms with Gasteiger partial charge < -0.3 is 14.5 Å². The number of anilines is 1. The van der Waals surface area contributed by atoms with Gasteiger partial charge >= 0.3 is 6.09 Å². The Labute approximate surface area is 158 Å². The molecule has 1 aliphatic rings. The number of pyridine rings is 1. The maximum absolute atomic E-state index is 12.3. The van der Waals surface area contributed by atoms with E-state index in [2.05, 4.69) is 26.8 Å². The maximum atomic E-state index is 12.3. The number of aryl methyl sites for hydroxylation is 1. The third-order valence-electron chi connectivity index (χ3n) is 4.21. The Balaban J connectivity index is 1.77. The monoisotopic (exact) mass is 377 g/mol. The van der Waals surface area contributed by atoms with Crippen molar-refractivity contribution in [3.8, 4) is 0 Å². The van der Waals surface area contributed by atoms with Crippen molar-refractivity contribution in [3.05, 3.63) is 23.2 Å². The van der Waals surface area contributed by atoms with Crippen LogP contribution < -0.4 is 4.90 Å². The molecule has 1 aliphatic heterocycles. The van der Waals surface area contributed by atoms with Crippen molar-refractivity contribution in [2.75, 3.05) is 24.5 Å². The Bertz CT molecular complexity index is 836. The van der Waals surface area contributed by atoms with Crippen molar-refractivity contribution in [1.82, 2.24) is 19.9 Å². The Morgan fingerprint density at radius 3 is 2.69 bits per heavy atom. The summed E-state index contributed by atoms with van der Waals surface area (Å²) in [6.45, 7) is 11.3. The van der Waals surface area contributed by atoms with E-state index in [1.807, 2.05) is 26.8 Å². The minimum absolute atomic E-state index is 0.103. The highest BCUT2D eigenvalue weighted by Gasteiger charge is 2.30. The number of fused-ring (bicyclic) bond motifs is 1. The second-order valence-corrected chi connectivity index (χ2v) is 7.95. The lowest BCUT2D eigenvalue weighted by atomic mass is 10.1. The minimum Gasteiger partial charge on any atom is -0.444 e. The fourth-order valence-electron chi connectivity index (χ4n) is 3.04. The van der Waals surface area contributed by atoms with Crippen LogP contribution in [0.25, 0.3) is 10.9 Å². The standard InChI is InChI=1S/C18H24ClN5O2/c1-11-10-23(17(25)26-18(3,4)5)6-7-24(11)15-8-13-14(9-20-15)21-12(2)22-16(13)19/h8-9,11H,6-7,10H2,1-5H3/t11-/m0/s1. The summed E-state index contributed by atoms with van der Waals surface area (Å²) in [5, 5.41) is 1.21. The van der Waals surface area contributed by atoms with E-state index >= 15 is 0 Å². The molecule has 1 atom stereocenters. The molecule has 0 spiro atoms. The molecule has 26 heavy (non-hydrogen) atoms. The Morgan fingerprint density at radius 1 is 1.31 bits per heavy atom. The molecular weight excluding hydrogens is 354 g/mol. The molecule has 140 valence electrons. The van der Waals surface area contributed by atoms with E-state index in [0.29, 0.717) is 30.6 Å². The van der Waals surface area contributed by atoms with Gasteiger partial charge in [-0.2, -0.15) is 0 Å². The lowest BCUT2D eigenvalue weighted by Crippen LogP contribution is -2.54. The summed E-state index contributed by atoms with van der Waals surface area (Å²) in [5.41, 5.74) is 0.234. The first kappa shape index (κ1) is 18.6. The van der Waals surface area contributed by atoms with Gasteiger partial charge in [-0.15, -0.1) is 0 Å². The van der Waals surface area contributed by atoms with Crippen molar-refractivity contribution in [3.63, 3.8) is 0 Å². The molecule has 1 fully saturated rings. The van der Waals surface area contributed by atoms with Crippen molar-refractivity contribution in [2.24, 2.45) is 0 Å². The number of piperazine rings is 1. The second kappa shape index (κ2) is 6.87. The number of rotatable bonds is 1. The number of carbonyl (C=O) groups is 1. The van der Waals surface area contributed by atoms with Gasteiger partial charge in [-0.1, -0.05) is 11.6 Å². The average Bonchev–Trinajstić information content (AvgIpc) is 2.53. The number of hydrogen-bond donors (Lipinski definition) is 0. The lowest BCUT2D eigenvalue weighted by Gasteiger charge is -2.40. The molecule has 1 amide bonds. The highest BCUT2D eigenvalue weighted by Crippen LogP contribution is 2.26. The normalized spacial score (nSPS) is 18.3. The van der Waals surface area contributed by atoms with Crippen molar-refractivity contribution in [1.29, 1.82) is 0 Å². The third-order valence-corrected chi connectivity index (χ3v) is 4.49. The van der Waals surface area contributed by atoms with Gasteiger partial charge in [-0.3, -0.25) is 0 Å². The van der Waals surface area contributed by atoms with Crippen LogP contribution in [-0.4, -0.2) is 57.2 Å².